The number of hydrogen-bond donors (Lipinski definition) is 0. The van der Waals surface area contributed by atoms with Gasteiger partial charge in [-0.1, -0.05) is 29.3 Å². The summed E-state index contributed by atoms with van der Waals surface area (Å²) < 4.78 is 26.8. The maximum Gasteiger partial charge on any atom is 0.281 e. The molecule has 0 spiro atoms. The van der Waals surface area contributed by atoms with E-state index in [0.29, 0.717) is 5.69 Å². The first kappa shape index (κ1) is 11.1. The van der Waals surface area contributed by atoms with E-state index in [-0.39, 0.29) is 10.8 Å². The predicted octanol–water partition coefficient (Wildman–Crippen LogP) is 3.77. The Morgan fingerprint density at radius 2 is 1.88 bits per heavy atom. The first-order valence-electron chi connectivity index (χ1n) is 4.67. The Morgan fingerprint density at radius 3 is 2.44 bits per heavy atom. The van der Waals surface area contributed by atoms with Crippen molar-refractivity contribution in [2.75, 3.05) is 0 Å². The summed E-state index contributed by atoms with van der Waals surface area (Å²) >= 11 is 5.61. The second-order valence-corrected chi connectivity index (χ2v) is 3.78. The summed E-state index contributed by atoms with van der Waals surface area (Å²) in [5, 5.41) is -0.157. The molecule has 0 aliphatic heterocycles. The molecule has 2 nitrogen and oxygen atoms in total. The van der Waals surface area contributed by atoms with E-state index in [2.05, 4.69) is 4.98 Å². The van der Waals surface area contributed by atoms with Crippen molar-refractivity contribution in [2.45, 2.75) is 13.3 Å². The van der Waals surface area contributed by atoms with E-state index in [0.717, 1.165) is 5.56 Å². The number of rotatable bonds is 2. The monoisotopic (exact) mass is 242 g/mol. The average molecular weight is 243 g/mol. The van der Waals surface area contributed by atoms with Crippen LogP contribution in [0.15, 0.2) is 30.6 Å². The van der Waals surface area contributed by atoms with Crippen LogP contribution in [-0.4, -0.2) is 9.55 Å². The minimum Gasteiger partial charge on any atom is -0.297 e. The van der Waals surface area contributed by atoms with E-state index in [1.807, 2.05) is 19.1 Å². The molecule has 16 heavy (non-hydrogen) atoms. The molecule has 0 aliphatic rings. The summed E-state index contributed by atoms with van der Waals surface area (Å²) in [5.41, 5.74) is 1.42. The lowest BCUT2D eigenvalue weighted by molar-refractivity contribution is 0.144. The quantitative estimate of drug-likeness (QED) is 0.784. The number of imidazole rings is 1. The molecule has 0 fully saturated rings. The van der Waals surface area contributed by atoms with Gasteiger partial charge in [0.25, 0.3) is 6.43 Å². The van der Waals surface area contributed by atoms with Crippen molar-refractivity contribution in [1.29, 1.82) is 0 Å². The molecular weight excluding hydrogens is 234 g/mol. The van der Waals surface area contributed by atoms with Crippen LogP contribution in [0.5, 0.6) is 0 Å². The van der Waals surface area contributed by atoms with Crippen LogP contribution in [0.2, 0.25) is 5.15 Å². The van der Waals surface area contributed by atoms with Crippen molar-refractivity contribution in [3.05, 3.63) is 47.0 Å². The lowest BCUT2D eigenvalue weighted by Gasteiger charge is -2.07. The molecule has 0 unspecified atom stereocenters. The molecule has 84 valence electrons. The molecule has 0 atom stereocenters. The van der Waals surface area contributed by atoms with Gasteiger partial charge in [0, 0.05) is 5.69 Å². The fourth-order valence-electron chi connectivity index (χ4n) is 1.44. The zero-order valence-corrected chi connectivity index (χ0v) is 9.25. The highest BCUT2D eigenvalue weighted by molar-refractivity contribution is 6.30. The third-order valence-corrected chi connectivity index (χ3v) is 2.57. The zero-order chi connectivity index (χ0) is 11.7. The molecule has 0 bridgehead atoms. The van der Waals surface area contributed by atoms with E-state index >= 15 is 0 Å². The van der Waals surface area contributed by atoms with Crippen LogP contribution in [0.3, 0.4) is 0 Å². The molecule has 1 heterocycles. The van der Waals surface area contributed by atoms with Crippen LogP contribution >= 0.6 is 11.6 Å². The number of hydrogen-bond acceptors (Lipinski definition) is 1. The normalized spacial score (nSPS) is 11.1. The van der Waals surface area contributed by atoms with Crippen LogP contribution < -0.4 is 0 Å². The molecule has 1 aromatic heterocycles. The summed E-state index contributed by atoms with van der Waals surface area (Å²) in [4.78, 5) is 3.69. The minimum absolute atomic E-state index is 0.157. The number of halogens is 3. The number of nitrogens with zero attached hydrogens (tertiary/aromatic N) is 2. The summed E-state index contributed by atoms with van der Waals surface area (Å²) in [5.74, 6) is 0. The van der Waals surface area contributed by atoms with E-state index in [9.17, 15) is 8.78 Å². The highest BCUT2D eigenvalue weighted by Crippen LogP contribution is 2.28. The van der Waals surface area contributed by atoms with Gasteiger partial charge in [0.05, 0.1) is 0 Å². The van der Waals surface area contributed by atoms with Gasteiger partial charge in [-0.2, -0.15) is 0 Å². The topological polar surface area (TPSA) is 17.8 Å². The van der Waals surface area contributed by atoms with Gasteiger partial charge in [-0.15, -0.1) is 0 Å². The Labute approximate surface area is 96.5 Å². The Bertz CT molecular complexity index is 491. The third-order valence-electron chi connectivity index (χ3n) is 2.28. The van der Waals surface area contributed by atoms with Gasteiger partial charge in [0.1, 0.15) is 12.0 Å². The third kappa shape index (κ3) is 1.93. The highest BCUT2D eigenvalue weighted by Gasteiger charge is 2.19. The van der Waals surface area contributed by atoms with Gasteiger partial charge in [-0.25, -0.2) is 13.8 Å². The van der Waals surface area contributed by atoms with Crippen molar-refractivity contribution in [3.63, 3.8) is 0 Å². The van der Waals surface area contributed by atoms with Gasteiger partial charge < -0.3 is 0 Å². The minimum atomic E-state index is -2.64. The fourth-order valence-corrected chi connectivity index (χ4v) is 1.66. The van der Waals surface area contributed by atoms with Gasteiger partial charge in [0.2, 0.25) is 0 Å². The Balaban J connectivity index is 2.52. The molecule has 0 amide bonds. The van der Waals surface area contributed by atoms with Crippen LogP contribution in [0.4, 0.5) is 8.78 Å². The molecule has 2 aromatic rings. The summed E-state index contributed by atoms with van der Waals surface area (Å²) in [6, 6.07) is 7.19. The van der Waals surface area contributed by atoms with E-state index in [4.69, 9.17) is 11.6 Å². The molecule has 0 saturated heterocycles. The van der Waals surface area contributed by atoms with E-state index < -0.39 is 6.43 Å². The summed E-state index contributed by atoms with van der Waals surface area (Å²) in [7, 11) is 0. The van der Waals surface area contributed by atoms with Crippen LogP contribution in [0, 0.1) is 6.92 Å². The standard InChI is InChI=1S/C11H9ClF2N2/c1-7-2-4-8(5-3-7)16-6-15-10(12)9(16)11(13)14/h2-6,11H,1H3. The van der Waals surface area contributed by atoms with Gasteiger partial charge in [-0.3, -0.25) is 4.57 Å². The molecular formula is C11H9ClF2N2. The first-order chi connectivity index (χ1) is 7.59. The zero-order valence-electron chi connectivity index (χ0n) is 8.49. The van der Waals surface area contributed by atoms with Crippen molar-refractivity contribution < 1.29 is 8.78 Å². The van der Waals surface area contributed by atoms with Crippen LogP contribution in [0.1, 0.15) is 17.7 Å². The van der Waals surface area contributed by atoms with Crippen molar-refractivity contribution in [2.24, 2.45) is 0 Å². The van der Waals surface area contributed by atoms with E-state index in [1.165, 1.54) is 10.9 Å². The summed E-state index contributed by atoms with van der Waals surface area (Å²) in [6.07, 6.45) is -1.34. The smallest absolute Gasteiger partial charge is 0.281 e. The molecule has 0 aliphatic carbocycles. The largest absolute Gasteiger partial charge is 0.297 e. The molecule has 0 N–H and O–H groups in total. The van der Waals surface area contributed by atoms with Crippen molar-refractivity contribution >= 4 is 11.6 Å². The van der Waals surface area contributed by atoms with Gasteiger partial charge in [0.15, 0.2) is 5.15 Å². The van der Waals surface area contributed by atoms with Gasteiger partial charge >= 0.3 is 0 Å². The molecule has 0 radical (unpaired) electrons. The first-order valence-corrected chi connectivity index (χ1v) is 5.05. The van der Waals surface area contributed by atoms with Crippen LogP contribution in [0.25, 0.3) is 5.69 Å². The Morgan fingerprint density at radius 1 is 1.25 bits per heavy atom. The van der Waals surface area contributed by atoms with E-state index in [1.54, 1.807) is 12.1 Å². The lowest BCUT2D eigenvalue weighted by atomic mass is 10.2. The number of alkyl halides is 2. The fraction of sp³-hybridized carbons (Fsp3) is 0.182. The molecule has 5 heteroatoms. The van der Waals surface area contributed by atoms with Crippen molar-refractivity contribution in [3.8, 4) is 5.69 Å². The second kappa shape index (κ2) is 4.22. The highest BCUT2D eigenvalue weighted by atomic mass is 35.5. The molecule has 2 rings (SSSR count). The molecule has 1 aromatic carbocycles. The second-order valence-electron chi connectivity index (χ2n) is 3.43. The SMILES string of the molecule is Cc1ccc(-n2cnc(Cl)c2C(F)F)cc1. The Kier molecular flexibility index (Phi) is 2.92. The number of aryl methyl sites for hydroxylation is 1. The maximum absolute atomic E-state index is 12.7. The summed E-state index contributed by atoms with van der Waals surface area (Å²) in [6.45, 7) is 1.93. The predicted molar refractivity (Wildman–Crippen MR) is 58.3 cm³/mol. The number of benzene rings is 1. The lowest BCUT2D eigenvalue weighted by Crippen LogP contribution is -1.99. The Hall–Kier alpha value is -1.42. The van der Waals surface area contributed by atoms with Crippen LogP contribution in [-0.2, 0) is 0 Å². The van der Waals surface area contributed by atoms with Crippen molar-refractivity contribution in [1.82, 2.24) is 9.55 Å². The molecule has 0 saturated carbocycles. The number of aromatic nitrogens is 2. The maximum atomic E-state index is 12.7. The average Bonchev–Trinajstić information content (AvgIpc) is 2.61. The van der Waals surface area contributed by atoms with Gasteiger partial charge in [-0.05, 0) is 19.1 Å².